The van der Waals surface area contributed by atoms with E-state index in [2.05, 4.69) is 32.3 Å². The highest BCUT2D eigenvalue weighted by molar-refractivity contribution is 7.99. The maximum Gasteiger partial charge on any atom is 0.224 e. The van der Waals surface area contributed by atoms with Crippen molar-refractivity contribution in [2.24, 2.45) is 17.1 Å². The zero-order chi connectivity index (χ0) is 14.5. The molecule has 0 saturated heterocycles. The Morgan fingerprint density at radius 2 is 2.11 bits per heavy atom. The third-order valence-electron chi connectivity index (χ3n) is 3.82. The second kappa shape index (κ2) is 7.53. The van der Waals surface area contributed by atoms with Crippen LogP contribution in [0.5, 0.6) is 0 Å². The molecule has 0 bridgehead atoms. The van der Waals surface area contributed by atoms with Gasteiger partial charge < -0.3 is 11.1 Å². The molecule has 1 fully saturated rings. The second-order valence-electron chi connectivity index (χ2n) is 6.93. The van der Waals surface area contributed by atoms with Gasteiger partial charge in [-0.15, -0.1) is 0 Å². The number of hydrogen-bond donors (Lipinski definition) is 2. The van der Waals surface area contributed by atoms with Gasteiger partial charge in [0.1, 0.15) is 0 Å². The summed E-state index contributed by atoms with van der Waals surface area (Å²) in [5.41, 5.74) is 5.92. The van der Waals surface area contributed by atoms with Gasteiger partial charge in [0.15, 0.2) is 0 Å². The molecule has 19 heavy (non-hydrogen) atoms. The molecule has 0 aliphatic heterocycles. The first kappa shape index (κ1) is 16.8. The number of nitrogens with two attached hydrogens (primary N) is 1. The molecule has 0 radical (unpaired) electrons. The van der Waals surface area contributed by atoms with Gasteiger partial charge in [-0.25, -0.2) is 0 Å². The van der Waals surface area contributed by atoms with Crippen LogP contribution in [0, 0.1) is 11.3 Å². The van der Waals surface area contributed by atoms with Crippen molar-refractivity contribution >= 4 is 17.7 Å². The molecule has 1 aliphatic rings. The quantitative estimate of drug-likeness (QED) is 0.817. The lowest BCUT2D eigenvalue weighted by atomic mass is 9.84. The van der Waals surface area contributed by atoms with Gasteiger partial charge in [0, 0.05) is 17.8 Å². The van der Waals surface area contributed by atoms with Crippen LogP contribution in [-0.2, 0) is 4.79 Å². The topological polar surface area (TPSA) is 55.1 Å². The van der Waals surface area contributed by atoms with Crippen LogP contribution in [-0.4, -0.2) is 30.0 Å². The maximum atomic E-state index is 12.3. The van der Waals surface area contributed by atoms with Gasteiger partial charge in [-0.05, 0) is 37.4 Å². The maximum absolute atomic E-state index is 12.3. The van der Waals surface area contributed by atoms with E-state index in [9.17, 15) is 4.79 Å². The van der Waals surface area contributed by atoms with Crippen molar-refractivity contribution in [1.29, 1.82) is 0 Å². The molecular formula is C15H30N2OS. The number of thioether (sulfide) groups is 1. The van der Waals surface area contributed by atoms with Gasteiger partial charge in [-0.3, -0.25) is 4.79 Å². The van der Waals surface area contributed by atoms with Crippen molar-refractivity contribution in [2.45, 2.75) is 64.2 Å². The predicted molar refractivity (Wildman–Crippen MR) is 84.3 cm³/mol. The minimum Gasteiger partial charge on any atom is -0.353 e. The normalized spacial score (nSPS) is 25.9. The van der Waals surface area contributed by atoms with Gasteiger partial charge in [0.05, 0.1) is 5.92 Å². The Kier molecular flexibility index (Phi) is 6.67. The Morgan fingerprint density at radius 1 is 1.42 bits per heavy atom. The van der Waals surface area contributed by atoms with Crippen LogP contribution in [0.25, 0.3) is 0 Å². The number of nitrogens with one attached hydrogen (secondary N) is 1. The number of hydrogen-bond acceptors (Lipinski definition) is 3. The largest absolute Gasteiger partial charge is 0.353 e. The summed E-state index contributed by atoms with van der Waals surface area (Å²) in [5.74, 6) is 0.110. The highest BCUT2D eigenvalue weighted by Crippen LogP contribution is 2.28. The fourth-order valence-electron chi connectivity index (χ4n) is 2.83. The van der Waals surface area contributed by atoms with Crippen molar-refractivity contribution < 1.29 is 4.79 Å². The predicted octanol–water partition coefficient (Wildman–Crippen LogP) is 2.79. The first-order chi connectivity index (χ1) is 8.85. The molecule has 1 aliphatic carbocycles. The van der Waals surface area contributed by atoms with Crippen LogP contribution in [0.3, 0.4) is 0 Å². The monoisotopic (exact) mass is 286 g/mol. The van der Waals surface area contributed by atoms with Gasteiger partial charge in [-0.1, -0.05) is 27.2 Å². The van der Waals surface area contributed by atoms with E-state index < -0.39 is 0 Å². The Labute approximate surface area is 122 Å². The first-order valence-electron chi connectivity index (χ1n) is 7.39. The fraction of sp³-hybridized carbons (Fsp3) is 0.933. The molecule has 0 heterocycles. The molecule has 0 aromatic heterocycles. The summed E-state index contributed by atoms with van der Waals surface area (Å²) in [6.07, 6.45) is 7.76. The SMILES string of the molecule is CSC1CCCC(NC(=O)C(CN)CC(C)(C)C)C1. The van der Waals surface area contributed by atoms with Crippen LogP contribution >= 0.6 is 11.8 Å². The van der Waals surface area contributed by atoms with Crippen molar-refractivity contribution in [1.82, 2.24) is 5.32 Å². The lowest BCUT2D eigenvalue weighted by Crippen LogP contribution is -2.44. The number of amides is 1. The molecule has 3 atom stereocenters. The zero-order valence-electron chi connectivity index (χ0n) is 12.9. The van der Waals surface area contributed by atoms with Crippen LogP contribution in [0.2, 0.25) is 0 Å². The van der Waals surface area contributed by atoms with Crippen LogP contribution < -0.4 is 11.1 Å². The zero-order valence-corrected chi connectivity index (χ0v) is 13.7. The lowest BCUT2D eigenvalue weighted by molar-refractivity contribution is -0.126. The van der Waals surface area contributed by atoms with Crippen molar-refractivity contribution in [3.63, 3.8) is 0 Å². The molecular weight excluding hydrogens is 256 g/mol. The number of carbonyl (C=O) groups is 1. The van der Waals surface area contributed by atoms with E-state index in [0.717, 1.165) is 19.3 Å². The van der Waals surface area contributed by atoms with E-state index in [-0.39, 0.29) is 17.2 Å². The standard InChI is InChI=1S/C15H30N2OS/c1-15(2,3)9-11(10-16)14(18)17-12-6-5-7-13(8-12)19-4/h11-13H,5-10,16H2,1-4H3,(H,17,18). The smallest absolute Gasteiger partial charge is 0.224 e. The van der Waals surface area contributed by atoms with E-state index in [1.807, 2.05) is 11.8 Å². The summed E-state index contributed by atoms with van der Waals surface area (Å²) in [5, 5.41) is 3.93. The van der Waals surface area contributed by atoms with Gasteiger partial charge in [0.25, 0.3) is 0 Å². The Balaban J connectivity index is 2.47. The Morgan fingerprint density at radius 3 is 2.63 bits per heavy atom. The second-order valence-corrected chi connectivity index (χ2v) is 8.07. The molecule has 3 N–H and O–H groups in total. The summed E-state index contributed by atoms with van der Waals surface area (Å²) in [6.45, 7) is 6.93. The van der Waals surface area contributed by atoms with Gasteiger partial charge in [-0.2, -0.15) is 11.8 Å². The fourth-order valence-corrected chi connectivity index (χ4v) is 3.66. The Bertz CT molecular complexity index is 288. The highest BCUT2D eigenvalue weighted by Gasteiger charge is 2.27. The molecule has 4 heteroatoms. The average Bonchev–Trinajstić information content (AvgIpc) is 2.35. The van der Waals surface area contributed by atoms with Crippen LogP contribution in [0.4, 0.5) is 0 Å². The Hall–Kier alpha value is -0.220. The molecule has 0 aromatic carbocycles. The van der Waals surface area contributed by atoms with Crippen LogP contribution in [0.15, 0.2) is 0 Å². The summed E-state index contributed by atoms with van der Waals surface area (Å²) < 4.78 is 0. The first-order valence-corrected chi connectivity index (χ1v) is 8.67. The molecule has 1 saturated carbocycles. The third kappa shape index (κ3) is 6.17. The highest BCUT2D eigenvalue weighted by atomic mass is 32.2. The molecule has 1 amide bonds. The van der Waals surface area contributed by atoms with Crippen molar-refractivity contribution in [3.05, 3.63) is 0 Å². The summed E-state index contributed by atoms with van der Waals surface area (Å²) >= 11 is 1.92. The lowest BCUT2D eigenvalue weighted by Gasteiger charge is -2.31. The molecule has 0 aromatic rings. The summed E-state index contributed by atoms with van der Waals surface area (Å²) in [7, 11) is 0. The molecule has 3 nitrogen and oxygen atoms in total. The molecule has 112 valence electrons. The van der Waals surface area contributed by atoms with E-state index >= 15 is 0 Å². The average molecular weight is 286 g/mol. The minimum atomic E-state index is -0.0466. The number of rotatable bonds is 5. The minimum absolute atomic E-state index is 0.0466. The van der Waals surface area contributed by atoms with Gasteiger partial charge >= 0.3 is 0 Å². The van der Waals surface area contributed by atoms with Crippen molar-refractivity contribution in [3.8, 4) is 0 Å². The summed E-state index contributed by atoms with van der Waals surface area (Å²) in [4.78, 5) is 12.3. The molecule has 3 unspecified atom stereocenters. The van der Waals surface area contributed by atoms with E-state index in [1.165, 1.54) is 12.8 Å². The summed E-state index contributed by atoms with van der Waals surface area (Å²) in [6, 6.07) is 0.354. The number of carbonyl (C=O) groups excluding carboxylic acids is 1. The van der Waals surface area contributed by atoms with E-state index in [4.69, 9.17) is 5.73 Å². The van der Waals surface area contributed by atoms with Gasteiger partial charge in [0.2, 0.25) is 5.91 Å². The van der Waals surface area contributed by atoms with Crippen molar-refractivity contribution in [2.75, 3.05) is 12.8 Å². The molecule has 0 spiro atoms. The third-order valence-corrected chi connectivity index (χ3v) is 4.91. The van der Waals surface area contributed by atoms with E-state index in [1.54, 1.807) is 0 Å². The van der Waals surface area contributed by atoms with E-state index in [0.29, 0.717) is 17.8 Å². The van der Waals surface area contributed by atoms with Crippen LogP contribution in [0.1, 0.15) is 52.9 Å². The molecule has 1 rings (SSSR count).